The van der Waals surface area contributed by atoms with Crippen LogP contribution in [0.1, 0.15) is 51.7 Å². The summed E-state index contributed by atoms with van der Waals surface area (Å²) in [7, 11) is -10.8. The van der Waals surface area contributed by atoms with E-state index in [-0.39, 0.29) is 72.8 Å². The number of hydrogen-bond acceptors (Lipinski definition) is 10. The van der Waals surface area contributed by atoms with Gasteiger partial charge < -0.3 is 20.4 Å². The summed E-state index contributed by atoms with van der Waals surface area (Å²) >= 11 is 2.67. The van der Waals surface area contributed by atoms with E-state index in [4.69, 9.17) is 6.57 Å². The molecule has 6 rings (SSSR count). The summed E-state index contributed by atoms with van der Waals surface area (Å²) in [5.41, 5.74) is -2.84. The molecule has 67 heavy (non-hydrogen) atoms. The first-order valence-electron chi connectivity index (χ1n) is 18.6. The van der Waals surface area contributed by atoms with Crippen molar-refractivity contribution in [3.63, 3.8) is 0 Å². The molecule has 4 aromatic rings. The van der Waals surface area contributed by atoms with Crippen LogP contribution in [0.4, 0.5) is 70.6 Å². The van der Waals surface area contributed by atoms with Crippen LogP contribution in [-0.2, 0) is 32.0 Å². The van der Waals surface area contributed by atoms with E-state index in [1.807, 2.05) is 0 Å². The molecule has 0 atom stereocenters. The molecule has 0 bridgehead atoms. The number of benzene rings is 2. The molecule has 0 radical (unpaired) electrons. The Labute approximate surface area is 386 Å². The number of carbonyl (C=O) groups is 2. The number of amides is 4. The van der Waals surface area contributed by atoms with Gasteiger partial charge in [-0.2, -0.15) is 64.3 Å². The predicted molar refractivity (Wildman–Crippen MR) is 225 cm³/mol. The lowest BCUT2D eigenvalue weighted by atomic mass is 9.97. The molecule has 0 unspecified atom stereocenters. The van der Waals surface area contributed by atoms with Crippen molar-refractivity contribution in [3.8, 4) is 0 Å². The minimum absolute atomic E-state index is 0. The van der Waals surface area contributed by atoms with E-state index in [1.54, 1.807) is 0 Å². The van der Waals surface area contributed by atoms with Crippen LogP contribution in [0.3, 0.4) is 0 Å². The third kappa shape index (κ3) is 12.5. The van der Waals surface area contributed by atoms with Crippen molar-refractivity contribution in [2.75, 3.05) is 36.8 Å². The highest BCUT2D eigenvalue weighted by atomic mass is 79.9. The van der Waals surface area contributed by atoms with E-state index in [1.165, 1.54) is 46.7 Å². The first kappa shape index (κ1) is 55.6. The Bertz CT molecular complexity index is 2630. The highest BCUT2D eigenvalue weighted by Crippen LogP contribution is 2.46. The number of sulfone groups is 2. The second-order valence-electron chi connectivity index (χ2n) is 14.2. The van der Waals surface area contributed by atoms with Crippen LogP contribution in [0.5, 0.6) is 0 Å². The fraction of sp³-hybridized carbons (Fsp3) is 0.410. The van der Waals surface area contributed by atoms with Crippen molar-refractivity contribution in [2.45, 2.75) is 73.2 Å². The van der Waals surface area contributed by atoms with Crippen LogP contribution in [0.2, 0.25) is 0 Å². The molecule has 366 valence electrons. The van der Waals surface area contributed by atoms with Gasteiger partial charge in [-0.3, -0.25) is 0 Å². The van der Waals surface area contributed by atoms with Crippen LogP contribution in [0, 0.1) is 18.4 Å². The Balaban J connectivity index is 0.000000345. The monoisotopic (exact) mass is 1060 g/mol. The van der Waals surface area contributed by atoms with Gasteiger partial charge in [0.2, 0.25) is 25.4 Å². The van der Waals surface area contributed by atoms with Crippen LogP contribution < -0.4 is 10.6 Å². The van der Waals surface area contributed by atoms with Crippen molar-refractivity contribution < 1.29 is 70.3 Å². The Morgan fingerprint density at radius 1 is 0.612 bits per heavy atom. The lowest BCUT2D eigenvalue weighted by Gasteiger charge is -2.35. The second-order valence-corrected chi connectivity index (χ2v) is 19.0. The van der Waals surface area contributed by atoms with Crippen molar-refractivity contribution in [1.29, 1.82) is 0 Å². The number of nitrogens with zero attached hydrogens (tertiary/aromatic N) is 7. The maximum absolute atomic E-state index is 15.1. The minimum atomic E-state index is -5.48. The summed E-state index contributed by atoms with van der Waals surface area (Å²) in [4.78, 5) is 27.6. The molecule has 2 aromatic heterocycles. The molecule has 0 spiro atoms. The number of hydrogen-bond donors (Lipinski definition) is 2. The van der Waals surface area contributed by atoms with Gasteiger partial charge in [0.05, 0.1) is 58.1 Å². The zero-order chi connectivity index (χ0) is 48.2. The number of rotatable bonds is 8. The number of likely N-dealkylation sites (tertiary alicyclic amines) is 2. The van der Waals surface area contributed by atoms with Crippen LogP contribution >= 0.6 is 15.9 Å². The summed E-state index contributed by atoms with van der Waals surface area (Å²) in [6.45, 7) is 6.35. The number of nitrogens with one attached hydrogen (secondary N) is 2. The normalized spacial score (nSPS) is 15.4. The van der Waals surface area contributed by atoms with E-state index >= 15 is 8.78 Å². The van der Waals surface area contributed by atoms with Gasteiger partial charge in [0.15, 0.2) is 0 Å². The zero-order valence-corrected chi connectivity index (χ0v) is 36.0. The first-order valence-corrected chi connectivity index (χ1v) is 22.3. The minimum Gasteiger partial charge on any atom is -0.325 e. The zero-order valence-electron chi connectivity index (χ0n) is 32.8. The van der Waals surface area contributed by atoms with E-state index in [0.29, 0.717) is 41.7 Å². The summed E-state index contributed by atoms with van der Waals surface area (Å²) < 4.78 is 187. The number of halogens is 11. The smallest absolute Gasteiger partial charge is 0.325 e. The Morgan fingerprint density at radius 3 is 1.33 bits per heavy atom. The molecule has 2 saturated heterocycles. The average molecular weight is 1060 g/mol. The van der Waals surface area contributed by atoms with Crippen LogP contribution in [0.25, 0.3) is 4.85 Å². The SMILES string of the molecule is C.C.O=C(Nc1ccnnc1)N1CCC(C(F)(F)S(=O)(=O)c2ccc(C(F)(F)F)cc2Br)CC1.[C-]#[N+]c1cc(C(F)(F)F)ccc1S(=O)(=O)C(F)(F)C1CCN(C(=O)Nc2ccnnc2)CC1. The lowest BCUT2D eigenvalue weighted by molar-refractivity contribution is -0.138. The highest BCUT2D eigenvalue weighted by molar-refractivity contribution is 9.10. The largest absolute Gasteiger partial charge is 0.416 e. The second kappa shape index (κ2) is 21.5. The summed E-state index contributed by atoms with van der Waals surface area (Å²) in [6, 6.07) is 4.16. The fourth-order valence-corrected chi connectivity index (χ4v) is 10.8. The molecule has 0 saturated carbocycles. The molecule has 2 aromatic carbocycles. The molecule has 15 nitrogen and oxygen atoms in total. The number of anilines is 2. The van der Waals surface area contributed by atoms with E-state index in [9.17, 15) is 61.5 Å². The molecule has 2 aliphatic heterocycles. The van der Waals surface area contributed by atoms with E-state index in [0.717, 1.165) is 0 Å². The van der Waals surface area contributed by atoms with Gasteiger partial charge in [-0.15, -0.1) is 0 Å². The lowest BCUT2D eigenvalue weighted by Crippen LogP contribution is -2.47. The predicted octanol–water partition coefficient (Wildman–Crippen LogP) is 10.2. The number of carbonyl (C=O) groups excluding carboxylic acids is 2. The standard InChI is InChI=1S/C19H16F5N5O3S.C18H16BrF5N4O3S.2CH4/c1-25-15-10-13(18(20,21)22)2-3-16(15)33(31,32)19(23,24)12-5-8-29(9-6-12)17(30)28-14-4-7-26-27-11-14;19-14-9-12(17(20,21)22)1-2-15(14)32(30,31)18(23,24)11-4-7-28(8-5-11)16(29)27-13-3-6-25-26-10-13;;/h2-4,7,10-12H,5-6,8-9H2,(H,26,28,30);1-3,6,9-11H,4-5,7-8H2,(H,25,27,29);2*1H4. The van der Waals surface area contributed by atoms with Crippen LogP contribution in [-0.4, -0.2) is 95.8 Å². The van der Waals surface area contributed by atoms with Gasteiger partial charge in [-0.05, 0) is 78.0 Å². The molecular weight excluding hydrogens is 1020 g/mol. The van der Waals surface area contributed by atoms with E-state index < -0.39 is 97.5 Å². The number of piperidine rings is 2. The Hall–Kier alpha value is -5.69. The van der Waals surface area contributed by atoms with E-state index in [2.05, 4.69) is 51.8 Å². The molecule has 2 N–H and O–H groups in total. The van der Waals surface area contributed by atoms with Crippen molar-refractivity contribution in [2.24, 2.45) is 11.8 Å². The molecular formula is C39H40BrF10N9O6S2. The molecule has 2 fully saturated rings. The third-order valence-corrected chi connectivity index (χ3v) is 15.0. The van der Waals surface area contributed by atoms with Crippen molar-refractivity contribution >= 4 is 64.7 Å². The number of alkyl halides is 10. The first-order chi connectivity index (χ1) is 30.2. The third-order valence-electron chi connectivity index (χ3n) is 10.1. The number of aromatic nitrogens is 4. The highest BCUT2D eigenvalue weighted by Gasteiger charge is 2.55. The molecule has 4 amide bonds. The molecule has 0 aliphatic carbocycles. The summed E-state index contributed by atoms with van der Waals surface area (Å²) in [6.07, 6.45) is -5.73. The summed E-state index contributed by atoms with van der Waals surface area (Å²) in [5, 5.41) is 10.7. The van der Waals surface area contributed by atoms with Gasteiger partial charge in [-0.25, -0.2) is 31.3 Å². The number of urea groups is 2. The molecule has 4 heterocycles. The average Bonchev–Trinajstić information content (AvgIpc) is 3.26. The van der Waals surface area contributed by atoms with Gasteiger partial charge in [0.25, 0.3) is 0 Å². The molecule has 2 aliphatic rings. The van der Waals surface area contributed by atoms with Gasteiger partial charge in [0.1, 0.15) is 0 Å². The quantitative estimate of drug-likeness (QED) is 0.127. The topological polar surface area (TPSA) is 189 Å². The van der Waals surface area contributed by atoms with Crippen molar-refractivity contribution in [1.82, 2.24) is 30.2 Å². The maximum atomic E-state index is 15.1. The Morgan fingerprint density at radius 2 is 0.985 bits per heavy atom. The maximum Gasteiger partial charge on any atom is 0.416 e. The van der Waals surface area contributed by atoms with Gasteiger partial charge >= 0.3 is 34.9 Å². The summed E-state index contributed by atoms with van der Waals surface area (Å²) in [5.74, 6) is -3.32. The van der Waals surface area contributed by atoms with Crippen molar-refractivity contribution in [3.05, 3.63) is 100 Å². The van der Waals surface area contributed by atoms with Gasteiger partial charge in [-0.1, -0.05) is 27.0 Å². The van der Waals surface area contributed by atoms with Gasteiger partial charge in [0, 0.05) is 48.1 Å². The fourth-order valence-electron chi connectivity index (χ4n) is 6.61. The Kier molecular flexibility index (Phi) is 17.9. The molecule has 28 heteroatoms. The van der Waals surface area contributed by atoms with Crippen LogP contribution in [0.15, 0.2) is 87.6 Å².